The Bertz CT molecular complexity index is 4750. The number of esters is 12. The van der Waals surface area contributed by atoms with E-state index in [0.29, 0.717) is 0 Å². The fourth-order valence-electron chi connectivity index (χ4n) is 8.60. The Hall–Kier alpha value is -15.3. The zero-order chi connectivity index (χ0) is 91.8. The lowest BCUT2D eigenvalue weighted by atomic mass is 10.00. The lowest BCUT2D eigenvalue weighted by Gasteiger charge is -2.10. The monoisotopic (exact) mass is 1730 g/mol. The molecule has 0 fully saturated rings. The molecule has 0 radical (unpaired) electrons. The molecular weight excluding hydrogens is 1630 g/mol. The first-order chi connectivity index (χ1) is 57.9. The molecule has 664 valence electrons. The number of ether oxygens (including phenoxy) is 12. The maximum absolute atomic E-state index is 12.0. The van der Waals surface area contributed by atoms with E-state index in [1.807, 2.05) is 0 Å². The number of carbonyl (C=O) groups excluding carboxylic acids is 15. The molecule has 36 nitrogen and oxygen atoms in total. The predicted molar refractivity (Wildman–Crippen MR) is 439 cm³/mol. The maximum atomic E-state index is 12.0. The van der Waals surface area contributed by atoms with Gasteiger partial charge in [-0.3, -0.25) is 14.4 Å². The molecule has 0 aliphatic carbocycles. The molecule has 6 aromatic rings. The van der Waals surface area contributed by atoms with Crippen molar-refractivity contribution in [2.75, 3.05) is 79.5 Å². The Morgan fingerprint density at radius 3 is 0.702 bits per heavy atom. The average molecular weight is 1730 g/mol. The summed E-state index contributed by atoms with van der Waals surface area (Å²) in [6.45, 7) is 23.1. The summed E-state index contributed by atoms with van der Waals surface area (Å²) in [6.07, 6.45) is 2.15. The van der Waals surface area contributed by atoms with Gasteiger partial charge in [-0.15, -0.1) is 0 Å². The molecule has 0 heterocycles. The number of carboxylic acid groups (broad SMARTS) is 3. The Labute approximate surface area is 712 Å². The van der Waals surface area contributed by atoms with Gasteiger partial charge in [0.1, 0.15) is 66.1 Å². The summed E-state index contributed by atoms with van der Waals surface area (Å²) >= 11 is 0. The van der Waals surface area contributed by atoms with Gasteiger partial charge in [0.05, 0.1) is 62.3 Å². The van der Waals surface area contributed by atoms with Crippen LogP contribution in [-0.4, -0.2) is 229 Å². The average Bonchev–Trinajstić information content (AvgIpc) is 0.863. The first-order valence-electron chi connectivity index (χ1n) is 35.6. The first-order valence-corrected chi connectivity index (χ1v) is 35.6. The molecule has 124 heavy (non-hydrogen) atoms. The maximum Gasteiger partial charge on any atom is 0.341 e. The lowest BCUT2D eigenvalue weighted by Crippen LogP contribution is -2.18. The van der Waals surface area contributed by atoms with Gasteiger partial charge in [-0.05, 0) is 82.3 Å². The molecule has 0 spiro atoms. The van der Waals surface area contributed by atoms with Crippen LogP contribution in [0.4, 0.5) is 0 Å². The zero-order valence-electron chi connectivity index (χ0n) is 66.4. The second-order valence-corrected chi connectivity index (χ2v) is 23.6. The number of carbonyl (C=O) groups is 18. The van der Waals surface area contributed by atoms with Crippen LogP contribution in [0.5, 0.6) is 0 Å². The highest BCUT2D eigenvalue weighted by Crippen LogP contribution is 2.19. The minimum absolute atomic E-state index is 0. The van der Waals surface area contributed by atoms with Crippen molar-refractivity contribution < 1.29 is 174 Å². The molecule has 0 saturated heterocycles. The van der Waals surface area contributed by atoms with Gasteiger partial charge >= 0.3 is 89.5 Å². The third-order valence-corrected chi connectivity index (χ3v) is 14.1. The minimum atomic E-state index is -1.22. The number of hydrogen-bond donors (Lipinski definition) is 6. The number of aliphatic hydroxyl groups excluding tert-OH is 3. The molecule has 6 aromatic carbocycles. The summed E-state index contributed by atoms with van der Waals surface area (Å²) in [6, 6.07) is 35.3. The van der Waals surface area contributed by atoms with Crippen LogP contribution >= 0.6 is 0 Å². The highest BCUT2D eigenvalue weighted by Gasteiger charge is 2.25. The standard InChI is InChI=1S/C17H20O6.C16H18O6.C14H14O7.C14H14O6.C13H12O6.C12H10O5.2CH4/c1-11(2)16(20)22-8-9-23-17(21)14-7-5-4-6-13(14)15(19)10-12(3)18;1-3-15(19)21-8-9-22-16(20)13-7-5-4-6-12(13)14(18)10-11(2)17;1-2-12(16)19-7-8-20-13(17)10-5-3-4-6-11(10)14(18)21-9-15;1-9(2)13(17)19-7-8-20-14(18)11-6-4-3-5-10(11)12(15)16;1-2-11(14)18-7-8-19-13(17)10-6-4-3-5-9(10)12(15)16;1-2-11(14)17-7-10(13)8-5-3-4-6-9(8)12(15)16;;/h4-7,12,18H,1,8-10H2,2-3H3;3-7,11,17H,1,8-10H2,2H3;2-6,15H,1,7-9H2;3-6H,1,7-8H2,2H3,(H,15,16);2-6H,1,7-8H2,(H,15,16);2-6H,1,7H2,(H,15,16);2*1H4. The number of hydrogen-bond acceptors (Lipinski definition) is 33. The minimum Gasteiger partial charge on any atom is -0.478 e. The van der Waals surface area contributed by atoms with Gasteiger partial charge in [0.25, 0.3) is 0 Å². The van der Waals surface area contributed by atoms with Crippen molar-refractivity contribution in [2.45, 2.75) is 67.6 Å². The molecule has 0 saturated carbocycles. The van der Waals surface area contributed by atoms with Crippen LogP contribution in [0.3, 0.4) is 0 Å². The number of aliphatic hydroxyl groups is 3. The Morgan fingerprint density at radius 2 is 0.476 bits per heavy atom. The van der Waals surface area contributed by atoms with Crippen LogP contribution in [0.1, 0.15) is 180 Å². The molecule has 0 bridgehead atoms. The number of aromatic carboxylic acids is 3. The van der Waals surface area contributed by atoms with E-state index < -0.39 is 121 Å². The van der Waals surface area contributed by atoms with E-state index in [9.17, 15) is 96.5 Å². The van der Waals surface area contributed by atoms with Gasteiger partial charge < -0.3 is 87.5 Å². The Morgan fingerprint density at radius 1 is 0.290 bits per heavy atom. The summed E-state index contributed by atoms with van der Waals surface area (Å²) in [4.78, 5) is 204. The predicted octanol–water partition coefficient (Wildman–Crippen LogP) is 9.62. The second-order valence-electron chi connectivity index (χ2n) is 23.6. The number of carboxylic acids is 3. The second kappa shape index (κ2) is 61.9. The van der Waals surface area contributed by atoms with E-state index in [4.69, 9.17) is 53.6 Å². The Balaban J connectivity index is 0. The molecule has 36 heteroatoms. The third kappa shape index (κ3) is 43.4. The van der Waals surface area contributed by atoms with Gasteiger partial charge in [-0.25, -0.2) is 71.9 Å². The molecule has 6 N–H and O–H groups in total. The van der Waals surface area contributed by atoms with E-state index in [1.54, 1.807) is 30.3 Å². The van der Waals surface area contributed by atoms with Gasteiger partial charge in [0.15, 0.2) is 25.0 Å². The molecule has 0 amide bonds. The number of benzene rings is 6. The van der Waals surface area contributed by atoms with Crippen LogP contribution in [0.15, 0.2) is 221 Å². The van der Waals surface area contributed by atoms with E-state index in [0.717, 1.165) is 24.3 Å². The topological polar surface area (TPSA) is 539 Å². The number of ketones is 3. The highest BCUT2D eigenvalue weighted by atomic mass is 16.6. The quantitative estimate of drug-likeness (QED) is 0.00520. The van der Waals surface area contributed by atoms with Gasteiger partial charge in [-0.1, -0.05) is 145 Å². The lowest BCUT2D eigenvalue weighted by molar-refractivity contribution is -0.140. The van der Waals surface area contributed by atoms with Gasteiger partial charge in [0, 0.05) is 65.0 Å². The van der Waals surface area contributed by atoms with E-state index >= 15 is 0 Å². The summed E-state index contributed by atoms with van der Waals surface area (Å²) in [7, 11) is 0. The summed E-state index contributed by atoms with van der Waals surface area (Å²) < 4.78 is 56.9. The molecule has 2 atom stereocenters. The normalized spacial score (nSPS) is 10.1. The molecule has 0 aromatic heterocycles. The highest BCUT2D eigenvalue weighted by molar-refractivity contribution is 6.09. The van der Waals surface area contributed by atoms with Crippen LogP contribution in [0.25, 0.3) is 0 Å². The van der Waals surface area contributed by atoms with Crippen molar-refractivity contribution in [1.82, 2.24) is 0 Å². The van der Waals surface area contributed by atoms with Gasteiger partial charge in [-0.2, -0.15) is 0 Å². The van der Waals surface area contributed by atoms with E-state index in [-0.39, 0.29) is 183 Å². The van der Waals surface area contributed by atoms with Crippen molar-refractivity contribution in [3.05, 3.63) is 287 Å². The van der Waals surface area contributed by atoms with Crippen molar-refractivity contribution in [2.24, 2.45) is 0 Å². The largest absolute Gasteiger partial charge is 0.478 e. The number of Topliss-reactive ketones (excluding diaryl/α,β-unsaturated/α-hetero) is 3. The smallest absolute Gasteiger partial charge is 0.341 e. The third-order valence-electron chi connectivity index (χ3n) is 14.1. The summed E-state index contributed by atoms with van der Waals surface area (Å²) in [5.41, 5.74) is 0.581. The van der Waals surface area contributed by atoms with Crippen molar-refractivity contribution in [3.63, 3.8) is 0 Å². The van der Waals surface area contributed by atoms with Crippen LogP contribution in [-0.2, 0) is 85.6 Å². The molecule has 6 rings (SSSR count). The molecule has 2 unspecified atom stereocenters. The molecule has 0 aliphatic heterocycles. The van der Waals surface area contributed by atoms with Crippen molar-refractivity contribution >= 4 is 107 Å². The molecular formula is C88H96O36. The van der Waals surface area contributed by atoms with E-state index in [1.165, 1.54) is 143 Å². The summed E-state index contributed by atoms with van der Waals surface area (Å²) in [5, 5.41) is 53.8. The van der Waals surface area contributed by atoms with Crippen LogP contribution in [0.2, 0.25) is 0 Å². The van der Waals surface area contributed by atoms with Crippen LogP contribution in [0, 0.1) is 0 Å². The zero-order valence-corrected chi connectivity index (χ0v) is 66.4. The SMILES string of the molecule is C.C.C=C(C)C(=O)OCCOC(=O)c1ccccc1C(=O)CC(C)O.C=C(C)C(=O)OCCOC(=O)c1ccccc1C(=O)O.C=CC(=O)OCC(=O)c1ccccc1C(=O)O.C=CC(=O)OCCOC(=O)c1ccccc1C(=O)CC(C)O.C=CC(=O)OCCOC(=O)c1ccccc1C(=O)O.C=CC(=O)OCCOC(=O)c1ccccc1C(=O)OCO. The first kappa shape index (κ1) is 111. The summed E-state index contributed by atoms with van der Waals surface area (Å²) in [5.74, 6) is -13.2. The fourth-order valence-corrected chi connectivity index (χ4v) is 8.60. The van der Waals surface area contributed by atoms with Crippen molar-refractivity contribution in [3.8, 4) is 0 Å². The fraction of sp³-hybridized carbons (Fsp3) is 0.250. The number of rotatable bonds is 40. The van der Waals surface area contributed by atoms with E-state index in [2.05, 4.69) is 63.2 Å². The molecule has 0 aliphatic rings. The van der Waals surface area contributed by atoms with Gasteiger partial charge in [0.2, 0.25) is 5.78 Å². The van der Waals surface area contributed by atoms with Crippen LogP contribution < -0.4 is 0 Å². The Kier molecular flexibility index (Phi) is 55.3. The van der Waals surface area contributed by atoms with Crippen molar-refractivity contribution in [1.29, 1.82) is 0 Å².